The number of aryl methyl sites for hydroxylation is 1. The average molecular weight is 262 g/mol. The molecule has 19 heavy (non-hydrogen) atoms. The lowest BCUT2D eigenvalue weighted by Crippen LogP contribution is -2.19. The first kappa shape index (κ1) is 13.1. The molecule has 0 aliphatic heterocycles. The molecule has 1 aromatic carbocycles. The fourth-order valence-corrected chi connectivity index (χ4v) is 2.11. The van der Waals surface area contributed by atoms with E-state index in [-0.39, 0.29) is 11.7 Å². The maximum absolute atomic E-state index is 10.9. The molecule has 2 N–H and O–H groups in total. The van der Waals surface area contributed by atoms with Gasteiger partial charge >= 0.3 is 5.97 Å². The maximum atomic E-state index is 10.9. The van der Waals surface area contributed by atoms with Crippen LogP contribution in [0, 0.1) is 23.0 Å². The van der Waals surface area contributed by atoms with Crippen LogP contribution in [-0.4, -0.2) is 22.0 Å². The van der Waals surface area contributed by atoms with E-state index in [1.54, 1.807) is 24.3 Å². The molecule has 0 amide bonds. The topological polar surface area (TPSA) is 92.5 Å². The smallest absolute Gasteiger partial charge is 0.310 e. The highest BCUT2D eigenvalue weighted by molar-refractivity contribution is 5.73. The zero-order valence-corrected chi connectivity index (χ0v) is 10.4. The van der Waals surface area contributed by atoms with E-state index in [1.807, 2.05) is 6.92 Å². The number of hydrogen-bond donors (Lipinski definition) is 2. The molecule has 100 valence electrons. The van der Waals surface area contributed by atoms with Crippen LogP contribution in [0.5, 0.6) is 0 Å². The Labute approximate surface area is 109 Å². The zero-order valence-electron chi connectivity index (χ0n) is 10.4. The fraction of sp³-hybridized carbons (Fsp3) is 0.308. The lowest BCUT2D eigenvalue weighted by Gasteiger charge is -2.14. The maximum Gasteiger partial charge on any atom is 0.310 e. The number of nitrogens with one attached hydrogen (secondary N) is 1. The predicted octanol–water partition coefficient (Wildman–Crippen LogP) is 2.34. The molecule has 0 aromatic heterocycles. The highest BCUT2D eigenvalue weighted by Gasteiger charge is 2.25. The number of anilines is 1. The van der Waals surface area contributed by atoms with E-state index >= 15 is 0 Å². The van der Waals surface area contributed by atoms with Gasteiger partial charge in [0.05, 0.1) is 10.8 Å². The summed E-state index contributed by atoms with van der Waals surface area (Å²) in [6, 6.07) is 4.63. The quantitative estimate of drug-likeness (QED) is 0.493. The van der Waals surface area contributed by atoms with E-state index in [0.29, 0.717) is 12.1 Å². The molecule has 1 aliphatic rings. The third kappa shape index (κ3) is 2.90. The van der Waals surface area contributed by atoms with Crippen LogP contribution < -0.4 is 5.32 Å². The van der Waals surface area contributed by atoms with Crippen molar-refractivity contribution in [3.05, 3.63) is 46.0 Å². The van der Waals surface area contributed by atoms with Gasteiger partial charge in [-0.1, -0.05) is 18.2 Å². The minimum Gasteiger partial charge on any atom is -0.481 e. The summed E-state index contributed by atoms with van der Waals surface area (Å²) in [5.41, 5.74) is 1.33. The van der Waals surface area contributed by atoms with Gasteiger partial charge in [-0.25, -0.2) is 0 Å². The van der Waals surface area contributed by atoms with Crippen molar-refractivity contribution in [1.82, 2.24) is 0 Å². The highest BCUT2D eigenvalue weighted by Crippen LogP contribution is 2.29. The molecule has 0 fully saturated rings. The first-order chi connectivity index (χ1) is 8.97. The van der Waals surface area contributed by atoms with Crippen molar-refractivity contribution in [3.8, 4) is 0 Å². The van der Waals surface area contributed by atoms with Crippen molar-refractivity contribution in [3.63, 3.8) is 0 Å². The molecule has 2 rings (SSSR count). The summed E-state index contributed by atoms with van der Waals surface area (Å²) in [6.45, 7) is 1.85. The minimum absolute atomic E-state index is 0.00206. The van der Waals surface area contributed by atoms with Crippen LogP contribution in [0.15, 0.2) is 30.4 Å². The summed E-state index contributed by atoms with van der Waals surface area (Å²) in [6.07, 6.45) is 3.76. The van der Waals surface area contributed by atoms with Gasteiger partial charge in [0.15, 0.2) is 0 Å². The second kappa shape index (κ2) is 5.09. The SMILES string of the molecule is Cc1ccc([N+](=O)[O-])c(NC2C=CC(C(=O)O)C2)c1. The molecular weight excluding hydrogens is 248 g/mol. The van der Waals surface area contributed by atoms with Crippen molar-refractivity contribution in [2.45, 2.75) is 19.4 Å². The Hall–Kier alpha value is -2.37. The Morgan fingerprint density at radius 3 is 2.79 bits per heavy atom. The van der Waals surface area contributed by atoms with E-state index in [2.05, 4.69) is 5.32 Å². The van der Waals surface area contributed by atoms with Crippen LogP contribution in [0.4, 0.5) is 11.4 Å². The van der Waals surface area contributed by atoms with E-state index < -0.39 is 16.8 Å². The van der Waals surface area contributed by atoms with Crippen molar-refractivity contribution < 1.29 is 14.8 Å². The van der Waals surface area contributed by atoms with Gasteiger partial charge in [0.25, 0.3) is 5.69 Å². The Morgan fingerprint density at radius 1 is 1.47 bits per heavy atom. The number of hydrogen-bond acceptors (Lipinski definition) is 4. The Balaban J connectivity index is 2.16. The molecule has 0 saturated heterocycles. The highest BCUT2D eigenvalue weighted by atomic mass is 16.6. The third-order valence-electron chi connectivity index (χ3n) is 3.09. The first-order valence-electron chi connectivity index (χ1n) is 5.90. The van der Waals surface area contributed by atoms with E-state index in [9.17, 15) is 14.9 Å². The van der Waals surface area contributed by atoms with Crippen molar-refractivity contribution in [1.29, 1.82) is 0 Å². The molecule has 0 radical (unpaired) electrons. The number of aliphatic carboxylic acids is 1. The molecule has 0 bridgehead atoms. The number of carbonyl (C=O) groups is 1. The molecule has 1 aliphatic carbocycles. The number of nitro groups is 1. The summed E-state index contributed by atoms with van der Waals surface area (Å²) in [4.78, 5) is 21.3. The largest absolute Gasteiger partial charge is 0.481 e. The molecule has 0 saturated carbocycles. The second-order valence-corrected chi connectivity index (χ2v) is 4.59. The molecule has 6 nitrogen and oxygen atoms in total. The summed E-state index contributed by atoms with van der Waals surface area (Å²) >= 11 is 0. The van der Waals surface area contributed by atoms with E-state index in [4.69, 9.17) is 5.11 Å². The molecular formula is C13H14N2O4. The number of carboxylic acid groups (broad SMARTS) is 1. The minimum atomic E-state index is -0.876. The van der Waals surface area contributed by atoms with Gasteiger partial charge in [0, 0.05) is 12.1 Å². The number of carboxylic acids is 1. The van der Waals surface area contributed by atoms with E-state index in [1.165, 1.54) is 6.07 Å². The zero-order chi connectivity index (χ0) is 14.0. The number of rotatable bonds is 4. The Bertz CT molecular complexity index is 554. The van der Waals surface area contributed by atoms with Crippen LogP contribution in [0.25, 0.3) is 0 Å². The summed E-state index contributed by atoms with van der Waals surface area (Å²) in [7, 11) is 0. The van der Waals surface area contributed by atoms with Crippen LogP contribution in [0.1, 0.15) is 12.0 Å². The van der Waals surface area contributed by atoms with Gasteiger partial charge in [0.1, 0.15) is 5.69 Å². The molecule has 2 unspecified atom stereocenters. The number of nitrogens with zero attached hydrogens (tertiary/aromatic N) is 1. The van der Waals surface area contributed by atoms with Crippen LogP contribution in [0.3, 0.4) is 0 Å². The molecule has 0 spiro atoms. The molecule has 6 heteroatoms. The van der Waals surface area contributed by atoms with E-state index in [0.717, 1.165) is 5.56 Å². The fourth-order valence-electron chi connectivity index (χ4n) is 2.11. The second-order valence-electron chi connectivity index (χ2n) is 4.59. The van der Waals surface area contributed by atoms with Crippen molar-refractivity contribution >= 4 is 17.3 Å². The Kier molecular flexibility index (Phi) is 3.50. The van der Waals surface area contributed by atoms with Gasteiger partial charge in [0.2, 0.25) is 0 Å². The first-order valence-corrected chi connectivity index (χ1v) is 5.90. The standard InChI is InChI=1S/C13H14N2O4/c1-8-2-5-12(15(18)19)11(6-8)14-10-4-3-9(7-10)13(16)17/h2-6,9-10,14H,7H2,1H3,(H,16,17). The van der Waals surface area contributed by atoms with Gasteiger partial charge in [-0.15, -0.1) is 0 Å². The van der Waals surface area contributed by atoms with Crippen LogP contribution in [-0.2, 0) is 4.79 Å². The van der Waals surface area contributed by atoms with Crippen LogP contribution >= 0.6 is 0 Å². The van der Waals surface area contributed by atoms with Gasteiger partial charge in [-0.2, -0.15) is 0 Å². The summed E-state index contributed by atoms with van der Waals surface area (Å²) in [5, 5.41) is 22.9. The third-order valence-corrected chi connectivity index (χ3v) is 3.09. The summed E-state index contributed by atoms with van der Waals surface area (Å²) in [5.74, 6) is -1.40. The van der Waals surface area contributed by atoms with Crippen molar-refractivity contribution in [2.24, 2.45) is 5.92 Å². The normalized spacial score (nSPS) is 21.3. The number of nitro benzene ring substituents is 1. The molecule has 0 heterocycles. The van der Waals surface area contributed by atoms with Crippen LogP contribution in [0.2, 0.25) is 0 Å². The Morgan fingerprint density at radius 2 is 2.21 bits per heavy atom. The van der Waals surface area contributed by atoms with Gasteiger partial charge < -0.3 is 10.4 Å². The number of benzene rings is 1. The lowest BCUT2D eigenvalue weighted by molar-refractivity contribution is -0.384. The predicted molar refractivity (Wildman–Crippen MR) is 70.1 cm³/mol. The summed E-state index contributed by atoms with van der Waals surface area (Å²) < 4.78 is 0. The molecule has 2 atom stereocenters. The monoisotopic (exact) mass is 262 g/mol. The van der Waals surface area contributed by atoms with Gasteiger partial charge in [-0.05, 0) is 25.0 Å². The molecule has 1 aromatic rings. The lowest BCUT2D eigenvalue weighted by atomic mass is 10.1. The van der Waals surface area contributed by atoms with Gasteiger partial charge in [-0.3, -0.25) is 14.9 Å². The average Bonchev–Trinajstić information content (AvgIpc) is 2.77. The van der Waals surface area contributed by atoms with Crippen molar-refractivity contribution in [2.75, 3.05) is 5.32 Å².